The third-order valence-electron chi connectivity index (χ3n) is 3.54. The fourth-order valence-corrected chi connectivity index (χ4v) is 2.43. The molecule has 0 bridgehead atoms. The van der Waals surface area contributed by atoms with Crippen LogP contribution in [0.5, 0.6) is 0 Å². The maximum atomic E-state index is 13.0. The van der Waals surface area contributed by atoms with E-state index < -0.39 is 28.3 Å². The standard InChI is InChI=1S/C11H19F3N2O2S/c1-8(19(2)18)3-5-16-9(17)10(11(12,13)14)4-6-15-7-10/h8,15H,3-7H2,1-2H3,(H,16,17). The van der Waals surface area contributed by atoms with Crippen molar-refractivity contribution < 1.29 is 22.2 Å². The molecule has 2 N–H and O–H groups in total. The second-order valence-electron chi connectivity index (χ2n) is 4.86. The van der Waals surface area contributed by atoms with Gasteiger partial charge in [-0.2, -0.15) is 13.2 Å². The highest BCUT2D eigenvalue weighted by Crippen LogP contribution is 2.43. The third kappa shape index (κ3) is 3.68. The molecule has 3 atom stereocenters. The van der Waals surface area contributed by atoms with Crippen LogP contribution in [0, 0.1) is 5.41 Å². The molecule has 1 fully saturated rings. The van der Waals surface area contributed by atoms with Gasteiger partial charge in [0.25, 0.3) is 0 Å². The zero-order valence-corrected chi connectivity index (χ0v) is 11.8. The Morgan fingerprint density at radius 3 is 2.58 bits per heavy atom. The van der Waals surface area contributed by atoms with Crippen molar-refractivity contribution in [3.8, 4) is 0 Å². The van der Waals surface area contributed by atoms with Gasteiger partial charge in [-0.05, 0) is 19.4 Å². The van der Waals surface area contributed by atoms with Crippen molar-refractivity contribution in [3.05, 3.63) is 0 Å². The first-order valence-corrected chi connectivity index (χ1v) is 7.71. The summed E-state index contributed by atoms with van der Waals surface area (Å²) in [4.78, 5) is 11.8. The van der Waals surface area contributed by atoms with Crippen LogP contribution in [-0.4, -0.2) is 47.4 Å². The molecule has 0 spiro atoms. The molecule has 112 valence electrons. The Morgan fingerprint density at radius 1 is 1.53 bits per heavy atom. The minimum absolute atomic E-state index is 0.109. The quantitative estimate of drug-likeness (QED) is 0.790. The Bertz CT molecular complexity index is 354. The summed E-state index contributed by atoms with van der Waals surface area (Å²) in [5, 5.41) is 4.76. The zero-order valence-electron chi connectivity index (χ0n) is 11.0. The molecule has 0 aromatic rings. The number of hydrogen-bond acceptors (Lipinski definition) is 3. The molecule has 8 heteroatoms. The lowest BCUT2D eigenvalue weighted by Gasteiger charge is -2.29. The lowest BCUT2D eigenvalue weighted by molar-refractivity contribution is -0.216. The van der Waals surface area contributed by atoms with Crippen LogP contribution in [0.25, 0.3) is 0 Å². The van der Waals surface area contributed by atoms with Crippen molar-refractivity contribution in [2.45, 2.75) is 31.2 Å². The molecular formula is C11H19F3N2O2S. The van der Waals surface area contributed by atoms with E-state index in [9.17, 15) is 22.2 Å². The van der Waals surface area contributed by atoms with Gasteiger partial charge in [0.15, 0.2) is 5.41 Å². The molecule has 1 amide bonds. The van der Waals surface area contributed by atoms with E-state index in [2.05, 4.69) is 10.6 Å². The molecule has 0 aliphatic carbocycles. The molecular weight excluding hydrogens is 281 g/mol. The average Bonchev–Trinajstić information content (AvgIpc) is 2.77. The summed E-state index contributed by atoms with van der Waals surface area (Å²) in [5.41, 5.74) is -2.32. The van der Waals surface area contributed by atoms with Crippen LogP contribution in [0.3, 0.4) is 0 Å². The molecule has 1 saturated heterocycles. The van der Waals surface area contributed by atoms with Gasteiger partial charge in [-0.15, -0.1) is 0 Å². The Kier molecular flexibility index (Phi) is 5.37. The minimum Gasteiger partial charge on any atom is -0.355 e. The Balaban J connectivity index is 2.58. The van der Waals surface area contributed by atoms with Crippen molar-refractivity contribution >= 4 is 16.7 Å². The van der Waals surface area contributed by atoms with Gasteiger partial charge in [0.2, 0.25) is 5.91 Å². The number of amides is 1. The predicted octanol–water partition coefficient (Wildman–Crippen LogP) is 0.802. The first kappa shape index (κ1) is 16.4. The molecule has 1 aliphatic heterocycles. The molecule has 19 heavy (non-hydrogen) atoms. The van der Waals surface area contributed by atoms with Crippen LogP contribution in [-0.2, 0) is 15.6 Å². The topological polar surface area (TPSA) is 58.2 Å². The van der Waals surface area contributed by atoms with Crippen molar-refractivity contribution in [3.63, 3.8) is 0 Å². The molecule has 1 aliphatic rings. The highest BCUT2D eigenvalue weighted by molar-refractivity contribution is 7.84. The van der Waals surface area contributed by atoms with E-state index in [1.807, 2.05) is 0 Å². The van der Waals surface area contributed by atoms with Gasteiger partial charge in [-0.1, -0.05) is 6.92 Å². The summed E-state index contributed by atoms with van der Waals surface area (Å²) < 4.78 is 50.2. The summed E-state index contributed by atoms with van der Waals surface area (Å²) >= 11 is 0. The fraction of sp³-hybridized carbons (Fsp3) is 0.909. The lowest BCUT2D eigenvalue weighted by atomic mass is 9.85. The second-order valence-corrected chi connectivity index (χ2v) is 6.66. The summed E-state index contributed by atoms with van der Waals surface area (Å²) in [6.45, 7) is 1.65. The number of carbonyl (C=O) groups is 1. The van der Waals surface area contributed by atoms with Crippen molar-refractivity contribution in [1.82, 2.24) is 10.6 Å². The largest absolute Gasteiger partial charge is 0.404 e. The van der Waals surface area contributed by atoms with E-state index in [0.29, 0.717) is 6.42 Å². The first-order chi connectivity index (χ1) is 8.71. The molecule has 0 saturated carbocycles. The zero-order chi connectivity index (χ0) is 14.7. The molecule has 0 radical (unpaired) electrons. The van der Waals surface area contributed by atoms with Crippen LogP contribution in [0.2, 0.25) is 0 Å². The number of hydrogen-bond donors (Lipinski definition) is 2. The lowest BCUT2D eigenvalue weighted by Crippen LogP contribution is -2.52. The van der Waals surface area contributed by atoms with Gasteiger partial charge in [0.1, 0.15) is 0 Å². The monoisotopic (exact) mass is 300 g/mol. The van der Waals surface area contributed by atoms with Crippen molar-refractivity contribution in [1.29, 1.82) is 0 Å². The number of halogens is 3. The van der Waals surface area contributed by atoms with Gasteiger partial charge in [-0.25, -0.2) is 0 Å². The number of rotatable bonds is 5. The van der Waals surface area contributed by atoms with Gasteiger partial charge < -0.3 is 10.6 Å². The van der Waals surface area contributed by atoms with Crippen LogP contribution in [0.4, 0.5) is 13.2 Å². The minimum atomic E-state index is -4.56. The fourth-order valence-electron chi connectivity index (χ4n) is 1.98. The van der Waals surface area contributed by atoms with Gasteiger partial charge in [-0.3, -0.25) is 9.00 Å². The Labute approximate surface area is 113 Å². The van der Waals surface area contributed by atoms with Crippen LogP contribution >= 0.6 is 0 Å². The van der Waals surface area contributed by atoms with Crippen molar-refractivity contribution in [2.75, 3.05) is 25.9 Å². The molecule has 0 aromatic heterocycles. The Hall–Kier alpha value is -0.630. The average molecular weight is 300 g/mol. The molecule has 3 unspecified atom stereocenters. The maximum Gasteiger partial charge on any atom is 0.404 e. The van der Waals surface area contributed by atoms with Gasteiger partial charge in [0.05, 0.1) is 0 Å². The third-order valence-corrected chi connectivity index (χ3v) is 4.90. The molecule has 1 heterocycles. The number of nitrogens with one attached hydrogen (secondary N) is 2. The Morgan fingerprint density at radius 2 is 2.16 bits per heavy atom. The summed E-state index contributed by atoms with van der Waals surface area (Å²) in [6, 6.07) is 0. The highest BCUT2D eigenvalue weighted by atomic mass is 32.2. The van der Waals surface area contributed by atoms with E-state index >= 15 is 0 Å². The van der Waals surface area contributed by atoms with Crippen LogP contribution in [0.15, 0.2) is 0 Å². The van der Waals surface area contributed by atoms with Crippen LogP contribution < -0.4 is 10.6 Å². The first-order valence-electron chi connectivity index (χ1n) is 6.09. The van der Waals surface area contributed by atoms with E-state index in [4.69, 9.17) is 0 Å². The summed E-state index contributed by atoms with van der Waals surface area (Å²) in [6.07, 6.45) is -2.86. The molecule has 1 rings (SSSR count). The smallest absolute Gasteiger partial charge is 0.355 e. The van der Waals surface area contributed by atoms with E-state index in [-0.39, 0.29) is 31.3 Å². The van der Waals surface area contributed by atoms with Crippen molar-refractivity contribution in [2.24, 2.45) is 5.41 Å². The van der Waals surface area contributed by atoms with Gasteiger partial charge >= 0.3 is 6.18 Å². The predicted molar refractivity (Wildman–Crippen MR) is 67.1 cm³/mol. The molecule has 4 nitrogen and oxygen atoms in total. The maximum absolute atomic E-state index is 13.0. The molecule has 0 aromatic carbocycles. The number of alkyl halides is 3. The second kappa shape index (κ2) is 6.21. The summed E-state index contributed by atoms with van der Waals surface area (Å²) in [7, 11) is -1.04. The summed E-state index contributed by atoms with van der Waals surface area (Å²) in [5.74, 6) is -0.987. The van der Waals surface area contributed by atoms with E-state index in [1.165, 1.54) is 6.26 Å². The van der Waals surface area contributed by atoms with Crippen LogP contribution in [0.1, 0.15) is 19.8 Å². The van der Waals surface area contributed by atoms with E-state index in [1.54, 1.807) is 6.92 Å². The number of carbonyl (C=O) groups excluding carboxylic acids is 1. The van der Waals surface area contributed by atoms with Gasteiger partial charge in [0, 0.05) is 35.4 Å². The highest BCUT2D eigenvalue weighted by Gasteiger charge is 2.61. The van der Waals surface area contributed by atoms with E-state index in [0.717, 1.165) is 0 Å². The SMILES string of the molecule is CC(CCNC(=O)C1(C(F)(F)F)CCNC1)S(C)=O. The normalized spacial score (nSPS) is 27.0.